The monoisotopic (exact) mass is 393 g/mol. The topological polar surface area (TPSA) is 90.0 Å². The fraction of sp³-hybridized carbons (Fsp3) is 0.222. The largest absolute Gasteiger partial charge is 0.494 e. The fourth-order valence-corrected chi connectivity index (χ4v) is 4.28. The molecule has 2 aromatic carbocycles. The first-order chi connectivity index (χ1) is 12.8. The number of esters is 1. The Morgan fingerprint density at radius 2 is 1.93 bits per heavy atom. The number of methoxy groups -OCH3 is 1. The Morgan fingerprint density at radius 3 is 2.59 bits per heavy atom. The van der Waals surface area contributed by atoms with Crippen molar-refractivity contribution in [1.29, 1.82) is 0 Å². The zero-order valence-corrected chi connectivity index (χ0v) is 15.2. The van der Waals surface area contributed by atoms with Crippen molar-refractivity contribution in [1.82, 2.24) is 4.31 Å². The summed E-state index contributed by atoms with van der Waals surface area (Å²) < 4.78 is 48.8. The number of amides is 1. The van der Waals surface area contributed by atoms with E-state index in [0.717, 1.165) is 6.07 Å². The van der Waals surface area contributed by atoms with E-state index in [0.29, 0.717) is 9.87 Å². The van der Waals surface area contributed by atoms with E-state index in [1.165, 1.54) is 37.4 Å². The summed E-state index contributed by atoms with van der Waals surface area (Å²) in [5.41, 5.74) is 0.480. The lowest BCUT2D eigenvalue weighted by molar-refractivity contribution is -0.142. The maximum absolute atomic E-state index is 13.6. The highest BCUT2D eigenvalue weighted by Crippen LogP contribution is 2.29. The normalized spacial score (nSPS) is 14.7. The van der Waals surface area contributed by atoms with Crippen molar-refractivity contribution in [2.75, 3.05) is 20.3 Å². The Hall–Kier alpha value is -2.94. The standard InChI is InChI=1S/C18H16FNO6S/c1-25-15-7-6-12(10-14(15)19)11-17(21)26-9-8-20-18(22)13-4-2-3-5-16(13)27(20,23)24/h2-7,10H,8-9,11H2,1H3. The molecule has 0 atom stereocenters. The van der Waals surface area contributed by atoms with Gasteiger partial charge in [-0.3, -0.25) is 9.59 Å². The summed E-state index contributed by atoms with van der Waals surface area (Å²) in [5.74, 6) is -1.86. The Labute approximate surface area is 155 Å². The fourth-order valence-electron chi connectivity index (χ4n) is 2.73. The molecule has 0 spiro atoms. The molecule has 0 fully saturated rings. The number of fused-ring (bicyclic) bond motifs is 1. The molecule has 1 heterocycles. The van der Waals surface area contributed by atoms with Crippen molar-refractivity contribution < 1.29 is 31.9 Å². The molecule has 7 nitrogen and oxygen atoms in total. The van der Waals surface area contributed by atoms with Crippen LogP contribution >= 0.6 is 0 Å². The Balaban J connectivity index is 1.58. The molecule has 3 rings (SSSR count). The third-order valence-corrected chi connectivity index (χ3v) is 5.87. The lowest BCUT2D eigenvalue weighted by Gasteiger charge is -2.15. The highest BCUT2D eigenvalue weighted by atomic mass is 32.2. The van der Waals surface area contributed by atoms with Crippen LogP contribution < -0.4 is 4.74 Å². The molecule has 0 radical (unpaired) electrons. The van der Waals surface area contributed by atoms with Crippen LogP contribution in [0.1, 0.15) is 15.9 Å². The van der Waals surface area contributed by atoms with Crippen molar-refractivity contribution in [3.8, 4) is 5.75 Å². The van der Waals surface area contributed by atoms with E-state index in [-0.39, 0.29) is 35.8 Å². The zero-order chi connectivity index (χ0) is 19.6. The number of nitrogens with zero attached hydrogens (tertiary/aromatic N) is 1. The second-order valence-electron chi connectivity index (χ2n) is 5.74. The highest BCUT2D eigenvalue weighted by Gasteiger charge is 2.40. The Bertz CT molecular complexity index is 1000. The highest BCUT2D eigenvalue weighted by molar-refractivity contribution is 7.90. The van der Waals surface area contributed by atoms with Crippen LogP contribution in [0, 0.1) is 5.82 Å². The van der Waals surface area contributed by atoms with Crippen LogP contribution in [-0.4, -0.2) is 44.9 Å². The molecule has 0 N–H and O–H groups in total. The molecule has 1 amide bonds. The number of ether oxygens (including phenoxy) is 2. The quantitative estimate of drug-likeness (QED) is 0.695. The number of hydrogen-bond donors (Lipinski definition) is 0. The Kier molecular flexibility index (Phi) is 5.13. The lowest BCUT2D eigenvalue weighted by atomic mass is 10.1. The van der Waals surface area contributed by atoms with Crippen LogP contribution in [0.2, 0.25) is 0 Å². The minimum absolute atomic E-state index is 0.0597. The first-order valence-electron chi connectivity index (χ1n) is 7.98. The second kappa shape index (κ2) is 7.36. The number of halogens is 1. The van der Waals surface area contributed by atoms with E-state index < -0.39 is 27.7 Å². The summed E-state index contributed by atoms with van der Waals surface area (Å²) in [6, 6.07) is 9.96. The van der Waals surface area contributed by atoms with E-state index in [1.54, 1.807) is 6.07 Å². The number of carbonyl (C=O) groups excluding carboxylic acids is 2. The number of hydrogen-bond acceptors (Lipinski definition) is 6. The molecule has 0 saturated heterocycles. The van der Waals surface area contributed by atoms with Gasteiger partial charge < -0.3 is 9.47 Å². The third kappa shape index (κ3) is 3.63. The van der Waals surface area contributed by atoms with Gasteiger partial charge in [0.25, 0.3) is 15.9 Å². The average molecular weight is 393 g/mol. The van der Waals surface area contributed by atoms with Crippen molar-refractivity contribution in [2.45, 2.75) is 11.3 Å². The molecule has 0 aliphatic carbocycles. The van der Waals surface area contributed by atoms with Crippen molar-refractivity contribution in [3.63, 3.8) is 0 Å². The van der Waals surface area contributed by atoms with E-state index in [9.17, 15) is 22.4 Å². The van der Waals surface area contributed by atoms with Gasteiger partial charge >= 0.3 is 5.97 Å². The van der Waals surface area contributed by atoms with Crippen LogP contribution in [0.3, 0.4) is 0 Å². The van der Waals surface area contributed by atoms with Crippen LogP contribution in [0.4, 0.5) is 4.39 Å². The van der Waals surface area contributed by atoms with Crippen LogP contribution in [0.15, 0.2) is 47.4 Å². The molecule has 0 aromatic heterocycles. The summed E-state index contributed by atoms with van der Waals surface area (Å²) >= 11 is 0. The summed E-state index contributed by atoms with van der Waals surface area (Å²) in [6.07, 6.45) is -0.193. The van der Waals surface area contributed by atoms with Gasteiger partial charge in [-0.15, -0.1) is 0 Å². The molecular formula is C18H16FNO6S. The lowest BCUT2D eigenvalue weighted by Crippen LogP contribution is -2.33. The van der Waals surface area contributed by atoms with Gasteiger partial charge in [0.1, 0.15) is 11.5 Å². The SMILES string of the molecule is COc1ccc(CC(=O)OCCN2C(=O)c3ccccc3S2(=O)=O)cc1F. The van der Waals surface area contributed by atoms with Crippen molar-refractivity contribution in [3.05, 3.63) is 59.4 Å². The van der Waals surface area contributed by atoms with Crippen LogP contribution in [-0.2, 0) is 26.0 Å². The van der Waals surface area contributed by atoms with Gasteiger partial charge in [-0.25, -0.2) is 17.1 Å². The molecule has 9 heteroatoms. The van der Waals surface area contributed by atoms with Crippen molar-refractivity contribution >= 4 is 21.9 Å². The molecule has 0 unspecified atom stereocenters. The molecule has 27 heavy (non-hydrogen) atoms. The Morgan fingerprint density at radius 1 is 1.19 bits per heavy atom. The molecular weight excluding hydrogens is 377 g/mol. The summed E-state index contributed by atoms with van der Waals surface area (Å²) in [7, 11) is -2.61. The van der Waals surface area contributed by atoms with Crippen LogP contribution in [0.5, 0.6) is 5.75 Å². The maximum Gasteiger partial charge on any atom is 0.310 e. The molecule has 142 valence electrons. The summed E-state index contributed by atoms with van der Waals surface area (Å²) in [6.45, 7) is -0.588. The van der Waals surface area contributed by atoms with Crippen LogP contribution in [0.25, 0.3) is 0 Å². The van der Waals surface area contributed by atoms with E-state index in [2.05, 4.69) is 0 Å². The molecule has 0 saturated carbocycles. The third-order valence-electron chi connectivity index (χ3n) is 4.03. The van der Waals surface area contributed by atoms with Gasteiger partial charge in [0.2, 0.25) is 0 Å². The number of benzene rings is 2. The first-order valence-corrected chi connectivity index (χ1v) is 9.42. The zero-order valence-electron chi connectivity index (χ0n) is 14.3. The first kappa shape index (κ1) is 18.8. The van der Waals surface area contributed by atoms with Gasteiger partial charge in [-0.2, -0.15) is 0 Å². The van der Waals surface area contributed by atoms with Gasteiger partial charge in [0, 0.05) is 0 Å². The number of sulfonamides is 1. The minimum atomic E-state index is -3.94. The van der Waals surface area contributed by atoms with Gasteiger partial charge in [-0.05, 0) is 29.8 Å². The molecule has 2 aromatic rings. The molecule has 1 aliphatic heterocycles. The average Bonchev–Trinajstić information content (AvgIpc) is 2.83. The summed E-state index contributed by atoms with van der Waals surface area (Å²) in [5, 5.41) is 0. The number of carbonyl (C=O) groups is 2. The number of rotatable bonds is 6. The second-order valence-corrected chi connectivity index (χ2v) is 7.58. The van der Waals surface area contributed by atoms with Gasteiger partial charge in [-0.1, -0.05) is 18.2 Å². The van der Waals surface area contributed by atoms with E-state index in [1.807, 2.05) is 0 Å². The van der Waals surface area contributed by atoms with Crippen molar-refractivity contribution in [2.24, 2.45) is 0 Å². The molecule has 0 bridgehead atoms. The molecule has 1 aliphatic rings. The smallest absolute Gasteiger partial charge is 0.310 e. The minimum Gasteiger partial charge on any atom is -0.494 e. The summed E-state index contributed by atoms with van der Waals surface area (Å²) in [4.78, 5) is 24.1. The maximum atomic E-state index is 13.6. The van der Waals surface area contributed by atoms with E-state index in [4.69, 9.17) is 9.47 Å². The predicted octanol–water partition coefficient (Wildman–Crippen LogP) is 1.76. The van der Waals surface area contributed by atoms with E-state index >= 15 is 0 Å². The van der Waals surface area contributed by atoms with Gasteiger partial charge in [0.15, 0.2) is 11.6 Å². The van der Waals surface area contributed by atoms with Gasteiger partial charge in [0.05, 0.1) is 25.6 Å². The predicted molar refractivity (Wildman–Crippen MR) is 92.3 cm³/mol.